The summed E-state index contributed by atoms with van der Waals surface area (Å²) in [6.07, 6.45) is 3.29. The van der Waals surface area contributed by atoms with Crippen LogP contribution in [-0.4, -0.2) is 28.1 Å². The van der Waals surface area contributed by atoms with Crippen molar-refractivity contribution in [2.45, 2.75) is 44.4 Å². The number of piperidine rings is 1. The zero-order valence-electron chi connectivity index (χ0n) is 11.9. The second kappa shape index (κ2) is 4.80. The Bertz CT molecular complexity index is 558. The Hall–Kier alpha value is -1.42. The third-order valence-corrected chi connectivity index (χ3v) is 5.71. The summed E-state index contributed by atoms with van der Waals surface area (Å²) in [5.74, 6) is 1.16. The Morgan fingerprint density at radius 3 is 2.67 bits per heavy atom. The van der Waals surface area contributed by atoms with Crippen molar-refractivity contribution in [2.24, 2.45) is 17.8 Å². The van der Waals surface area contributed by atoms with E-state index in [2.05, 4.69) is 0 Å². The summed E-state index contributed by atoms with van der Waals surface area (Å²) in [5.41, 5.74) is 0.961. The van der Waals surface area contributed by atoms with Crippen LogP contribution in [0.3, 0.4) is 0 Å². The molecule has 0 spiro atoms. The van der Waals surface area contributed by atoms with Crippen LogP contribution in [0.5, 0.6) is 0 Å². The third-order valence-electron chi connectivity index (χ3n) is 5.71. The van der Waals surface area contributed by atoms with Gasteiger partial charge in [-0.1, -0.05) is 12.1 Å². The van der Waals surface area contributed by atoms with E-state index in [0.29, 0.717) is 18.4 Å². The number of nitrogens with zero attached hydrogens (tertiary/aromatic N) is 1. The number of aliphatic hydroxyl groups is 1. The molecule has 2 aliphatic carbocycles. The van der Waals surface area contributed by atoms with Crippen molar-refractivity contribution in [2.75, 3.05) is 0 Å². The maximum absolute atomic E-state index is 13.0. The fourth-order valence-electron chi connectivity index (χ4n) is 4.89. The average Bonchev–Trinajstić information content (AvgIpc) is 3.06. The molecule has 0 aromatic heterocycles. The maximum atomic E-state index is 13.0. The first-order chi connectivity index (χ1) is 10.1. The number of carbonyl (C=O) groups is 1. The highest BCUT2D eigenvalue weighted by Crippen LogP contribution is 2.54. The van der Waals surface area contributed by atoms with Gasteiger partial charge in [-0.25, -0.2) is 4.39 Å². The van der Waals surface area contributed by atoms with Gasteiger partial charge in [0.15, 0.2) is 0 Å². The van der Waals surface area contributed by atoms with Crippen molar-refractivity contribution in [3.63, 3.8) is 0 Å². The highest BCUT2D eigenvalue weighted by atomic mass is 19.1. The van der Waals surface area contributed by atoms with Crippen molar-refractivity contribution in [3.05, 3.63) is 35.6 Å². The van der Waals surface area contributed by atoms with Gasteiger partial charge in [0.05, 0.1) is 12.5 Å². The van der Waals surface area contributed by atoms with Gasteiger partial charge in [0, 0.05) is 18.5 Å². The summed E-state index contributed by atoms with van der Waals surface area (Å²) in [5, 5.41) is 10.3. The predicted octanol–water partition coefficient (Wildman–Crippen LogP) is 2.33. The molecule has 2 bridgehead atoms. The van der Waals surface area contributed by atoms with Crippen molar-refractivity contribution in [1.82, 2.24) is 4.90 Å². The van der Waals surface area contributed by atoms with Gasteiger partial charge >= 0.3 is 0 Å². The first kappa shape index (κ1) is 13.3. The van der Waals surface area contributed by atoms with Gasteiger partial charge in [0.1, 0.15) is 5.82 Å². The topological polar surface area (TPSA) is 40.5 Å². The molecule has 4 heteroatoms. The van der Waals surface area contributed by atoms with Crippen molar-refractivity contribution >= 4 is 5.91 Å². The van der Waals surface area contributed by atoms with Gasteiger partial charge in [-0.15, -0.1) is 0 Å². The highest BCUT2D eigenvalue weighted by Gasteiger charge is 2.56. The Kier molecular flexibility index (Phi) is 3.03. The number of amides is 1. The molecule has 5 atom stereocenters. The fraction of sp³-hybridized carbons (Fsp3) is 0.588. The van der Waals surface area contributed by atoms with Crippen LogP contribution in [0.1, 0.15) is 31.2 Å². The highest BCUT2D eigenvalue weighted by molar-refractivity contribution is 5.78. The van der Waals surface area contributed by atoms with Gasteiger partial charge in [0.25, 0.3) is 0 Å². The van der Waals surface area contributed by atoms with Crippen LogP contribution in [0.25, 0.3) is 0 Å². The Morgan fingerprint density at radius 1 is 1.19 bits per heavy atom. The number of likely N-dealkylation sites (tertiary alicyclic amines) is 1. The second-order valence-corrected chi connectivity index (χ2v) is 6.82. The number of benzene rings is 1. The molecule has 1 unspecified atom stereocenters. The maximum Gasteiger partial charge on any atom is 0.225 e. The predicted molar refractivity (Wildman–Crippen MR) is 75.7 cm³/mol. The van der Waals surface area contributed by atoms with E-state index < -0.39 is 6.10 Å². The fourth-order valence-corrected chi connectivity index (χ4v) is 4.89. The van der Waals surface area contributed by atoms with E-state index in [-0.39, 0.29) is 30.1 Å². The van der Waals surface area contributed by atoms with Gasteiger partial charge in [0.2, 0.25) is 5.91 Å². The summed E-state index contributed by atoms with van der Waals surface area (Å²) in [6, 6.07) is 6.56. The van der Waals surface area contributed by atoms with E-state index in [1.165, 1.54) is 25.0 Å². The van der Waals surface area contributed by atoms with Crippen LogP contribution in [0.15, 0.2) is 24.3 Å². The van der Waals surface area contributed by atoms with E-state index in [9.17, 15) is 14.3 Å². The lowest BCUT2D eigenvalue weighted by atomic mass is 9.76. The van der Waals surface area contributed by atoms with Gasteiger partial charge < -0.3 is 10.0 Å². The van der Waals surface area contributed by atoms with E-state index in [0.717, 1.165) is 12.0 Å². The number of carbonyl (C=O) groups excluding carboxylic acids is 1. The summed E-state index contributed by atoms with van der Waals surface area (Å²) < 4.78 is 13.0. The molecule has 2 saturated carbocycles. The molecule has 1 saturated heterocycles. The van der Waals surface area contributed by atoms with Crippen molar-refractivity contribution < 1.29 is 14.3 Å². The van der Waals surface area contributed by atoms with Crippen LogP contribution in [0, 0.1) is 23.6 Å². The van der Waals surface area contributed by atoms with Crippen LogP contribution in [0.4, 0.5) is 4.39 Å². The monoisotopic (exact) mass is 289 g/mol. The number of rotatable bonds is 2. The van der Waals surface area contributed by atoms with E-state index in [1.807, 2.05) is 4.90 Å². The summed E-state index contributed by atoms with van der Waals surface area (Å²) in [7, 11) is 0. The molecule has 1 heterocycles. The number of fused-ring (bicyclic) bond motifs is 5. The quantitative estimate of drug-likeness (QED) is 0.908. The molecule has 112 valence electrons. The zero-order chi connectivity index (χ0) is 14.6. The SMILES string of the molecule is O=C1CC(O)[C@@H]2[C@H]3CC[C@H](C3)[C@@H]2N1Cc1ccc(F)cc1. The minimum atomic E-state index is -0.470. The Morgan fingerprint density at radius 2 is 1.90 bits per heavy atom. The van der Waals surface area contributed by atoms with Crippen molar-refractivity contribution in [1.29, 1.82) is 0 Å². The van der Waals surface area contributed by atoms with E-state index in [1.54, 1.807) is 12.1 Å². The molecule has 1 amide bonds. The third kappa shape index (κ3) is 2.08. The second-order valence-electron chi connectivity index (χ2n) is 6.82. The summed E-state index contributed by atoms with van der Waals surface area (Å²) in [6.45, 7) is 0.538. The van der Waals surface area contributed by atoms with E-state index >= 15 is 0 Å². The number of hydrogen-bond acceptors (Lipinski definition) is 2. The largest absolute Gasteiger partial charge is 0.392 e. The molecule has 3 fully saturated rings. The lowest BCUT2D eigenvalue weighted by Gasteiger charge is -2.46. The average molecular weight is 289 g/mol. The van der Waals surface area contributed by atoms with Crippen LogP contribution >= 0.6 is 0 Å². The van der Waals surface area contributed by atoms with Gasteiger partial charge in [-0.05, 0) is 48.8 Å². The molecular formula is C17H20FNO2. The molecule has 1 N–H and O–H groups in total. The van der Waals surface area contributed by atoms with Gasteiger partial charge in [-0.3, -0.25) is 4.79 Å². The van der Waals surface area contributed by atoms with Crippen LogP contribution < -0.4 is 0 Å². The van der Waals surface area contributed by atoms with E-state index in [4.69, 9.17) is 0 Å². The molecule has 0 radical (unpaired) electrons. The smallest absolute Gasteiger partial charge is 0.225 e. The van der Waals surface area contributed by atoms with Gasteiger partial charge in [-0.2, -0.15) is 0 Å². The first-order valence-electron chi connectivity index (χ1n) is 7.85. The number of aliphatic hydroxyl groups excluding tert-OH is 1. The normalized spacial score (nSPS) is 37.9. The minimum absolute atomic E-state index is 0.0422. The number of halogens is 1. The lowest BCUT2D eigenvalue weighted by Crippen LogP contribution is -2.56. The van der Waals surface area contributed by atoms with Crippen LogP contribution in [-0.2, 0) is 11.3 Å². The van der Waals surface area contributed by atoms with Crippen LogP contribution in [0.2, 0.25) is 0 Å². The molecule has 3 nitrogen and oxygen atoms in total. The molecule has 3 aliphatic rings. The Balaban J connectivity index is 1.61. The first-order valence-corrected chi connectivity index (χ1v) is 7.85. The minimum Gasteiger partial charge on any atom is -0.392 e. The summed E-state index contributed by atoms with van der Waals surface area (Å²) in [4.78, 5) is 14.3. The molecule has 21 heavy (non-hydrogen) atoms. The lowest BCUT2D eigenvalue weighted by molar-refractivity contribution is -0.149. The molecule has 4 rings (SSSR count). The molecule has 1 aliphatic heterocycles. The number of hydrogen-bond donors (Lipinski definition) is 1. The molecule has 1 aromatic carbocycles. The zero-order valence-corrected chi connectivity index (χ0v) is 11.9. The summed E-state index contributed by atoms with van der Waals surface area (Å²) >= 11 is 0. The molecule has 1 aromatic rings. The van der Waals surface area contributed by atoms with Crippen molar-refractivity contribution in [3.8, 4) is 0 Å². The molecular weight excluding hydrogens is 269 g/mol. The Labute approximate surface area is 123 Å². The standard InChI is InChI=1S/C17H20FNO2/c18-13-5-1-10(2-6-13)9-19-15(21)8-14(20)16-11-3-4-12(7-11)17(16)19/h1-2,5-6,11-12,14,16-17,20H,3-4,7-9H2/t11-,12+,14?,16-,17-/m0/s1.